The van der Waals surface area contributed by atoms with Crippen molar-refractivity contribution in [1.29, 1.82) is 0 Å². The van der Waals surface area contributed by atoms with Gasteiger partial charge >= 0.3 is 0 Å². The lowest BCUT2D eigenvalue weighted by Crippen LogP contribution is -2.35. The number of benzene rings is 2. The first-order chi connectivity index (χ1) is 12.6. The highest BCUT2D eigenvalue weighted by Gasteiger charge is 2.21. The normalized spacial score (nSPS) is 14.2. The van der Waals surface area contributed by atoms with E-state index in [0.717, 1.165) is 36.3 Å². The molecule has 0 bridgehead atoms. The zero-order valence-electron chi connectivity index (χ0n) is 15.2. The quantitative estimate of drug-likeness (QED) is 0.789. The lowest BCUT2D eigenvalue weighted by atomic mass is 10.0. The van der Waals surface area contributed by atoms with Crippen molar-refractivity contribution in [2.24, 2.45) is 0 Å². The van der Waals surface area contributed by atoms with Crippen molar-refractivity contribution in [3.8, 4) is 11.4 Å². The van der Waals surface area contributed by atoms with Gasteiger partial charge in [0, 0.05) is 30.8 Å². The lowest BCUT2D eigenvalue weighted by Gasteiger charge is -2.28. The van der Waals surface area contributed by atoms with Crippen LogP contribution in [0, 0.1) is 13.8 Å². The lowest BCUT2D eigenvalue weighted by molar-refractivity contribution is 0.240. The third-order valence-corrected chi connectivity index (χ3v) is 5.10. The number of aromatic nitrogens is 2. The highest BCUT2D eigenvalue weighted by atomic mass is 16.1. The molecule has 0 radical (unpaired) electrons. The van der Waals surface area contributed by atoms with Crippen LogP contribution in [0.2, 0.25) is 0 Å². The fourth-order valence-electron chi connectivity index (χ4n) is 3.57. The van der Waals surface area contributed by atoms with Crippen LogP contribution in [0.15, 0.2) is 53.3 Å². The van der Waals surface area contributed by atoms with Gasteiger partial charge in [0.15, 0.2) is 0 Å². The summed E-state index contributed by atoms with van der Waals surface area (Å²) in [6.45, 7) is 6.77. The van der Waals surface area contributed by atoms with Crippen molar-refractivity contribution in [2.75, 3.05) is 6.54 Å². The number of H-pyrrole nitrogens is 1. The largest absolute Gasteiger partial charge is 0.306 e. The molecular weight excluding hydrogens is 322 g/mol. The van der Waals surface area contributed by atoms with Gasteiger partial charge in [-0.05, 0) is 31.4 Å². The molecule has 0 unspecified atom stereocenters. The highest BCUT2D eigenvalue weighted by molar-refractivity contribution is 5.54. The predicted molar refractivity (Wildman–Crippen MR) is 104 cm³/mol. The summed E-state index contributed by atoms with van der Waals surface area (Å²) in [6.07, 6.45) is 0.748. The van der Waals surface area contributed by atoms with Crippen LogP contribution in [0.3, 0.4) is 0 Å². The molecule has 4 nitrogen and oxygen atoms in total. The van der Waals surface area contributed by atoms with Gasteiger partial charge in [-0.2, -0.15) is 0 Å². The van der Waals surface area contributed by atoms with Gasteiger partial charge in [0.25, 0.3) is 5.56 Å². The van der Waals surface area contributed by atoms with Crippen LogP contribution in [0.25, 0.3) is 11.4 Å². The van der Waals surface area contributed by atoms with Gasteiger partial charge in [-0.1, -0.05) is 54.1 Å². The van der Waals surface area contributed by atoms with Gasteiger partial charge in [-0.25, -0.2) is 4.98 Å². The van der Waals surface area contributed by atoms with E-state index in [-0.39, 0.29) is 5.56 Å². The molecule has 1 aliphatic rings. The average Bonchev–Trinajstić information content (AvgIpc) is 2.65. The maximum Gasteiger partial charge on any atom is 0.254 e. The van der Waals surface area contributed by atoms with Crippen molar-refractivity contribution in [3.05, 3.63) is 86.8 Å². The van der Waals surface area contributed by atoms with E-state index in [1.54, 1.807) is 0 Å². The molecule has 4 heteroatoms. The van der Waals surface area contributed by atoms with Gasteiger partial charge in [0.2, 0.25) is 0 Å². The Morgan fingerprint density at radius 1 is 1.12 bits per heavy atom. The Balaban J connectivity index is 1.62. The molecule has 0 saturated heterocycles. The molecule has 26 heavy (non-hydrogen) atoms. The molecule has 0 amide bonds. The van der Waals surface area contributed by atoms with Gasteiger partial charge in [-0.15, -0.1) is 0 Å². The minimum absolute atomic E-state index is 0.000221. The molecule has 2 heterocycles. The van der Waals surface area contributed by atoms with Gasteiger partial charge in [-0.3, -0.25) is 9.69 Å². The van der Waals surface area contributed by atoms with Crippen molar-refractivity contribution >= 4 is 0 Å². The second-order valence-corrected chi connectivity index (χ2v) is 7.10. The zero-order valence-corrected chi connectivity index (χ0v) is 15.2. The Morgan fingerprint density at radius 3 is 2.73 bits per heavy atom. The van der Waals surface area contributed by atoms with E-state index in [1.807, 2.05) is 30.3 Å². The summed E-state index contributed by atoms with van der Waals surface area (Å²) < 4.78 is 0. The van der Waals surface area contributed by atoms with E-state index >= 15 is 0 Å². The van der Waals surface area contributed by atoms with Crippen LogP contribution in [0.5, 0.6) is 0 Å². The molecule has 3 aromatic rings. The molecule has 0 atom stereocenters. The summed E-state index contributed by atoms with van der Waals surface area (Å²) in [5.41, 5.74) is 6.63. The highest BCUT2D eigenvalue weighted by Crippen LogP contribution is 2.21. The second kappa shape index (κ2) is 6.89. The molecule has 1 aromatic heterocycles. The van der Waals surface area contributed by atoms with Gasteiger partial charge in [0.1, 0.15) is 5.82 Å². The first-order valence-corrected chi connectivity index (χ1v) is 9.06. The third kappa shape index (κ3) is 3.33. The van der Waals surface area contributed by atoms with Gasteiger partial charge in [0.05, 0.1) is 5.69 Å². The molecule has 4 rings (SSSR count). The summed E-state index contributed by atoms with van der Waals surface area (Å²) in [4.78, 5) is 22.6. The summed E-state index contributed by atoms with van der Waals surface area (Å²) in [7, 11) is 0. The molecule has 0 fully saturated rings. The van der Waals surface area contributed by atoms with Crippen LogP contribution in [0.1, 0.15) is 27.9 Å². The van der Waals surface area contributed by atoms with Crippen LogP contribution in [0.4, 0.5) is 0 Å². The fraction of sp³-hybridized carbons (Fsp3) is 0.273. The maximum absolute atomic E-state index is 12.5. The Bertz CT molecular complexity index is 992. The number of hydrogen-bond acceptors (Lipinski definition) is 3. The number of nitrogens with one attached hydrogen (secondary N) is 1. The number of aryl methyl sites for hydroxylation is 2. The topological polar surface area (TPSA) is 49.0 Å². The second-order valence-electron chi connectivity index (χ2n) is 7.10. The van der Waals surface area contributed by atoms with Crippen LogP contribution in [-0.2, 0) is 19.5 Å². The molecule has 1 aliphatic heterocycles. The van der Waals surface area contributed by atoms with E-state index < -0.39 is 0 Å². The van der Waals surface area contributed by atoms with Gasteiger partial charge < -0.3 is 4.98 Å². The minimum atomic E-state index is 0.000221. The van der Waals surface area contributed by atoms with E-state index in [9.17, 15) is 4.79 Å². The first-order valence-electron chi connectivity index (χ1n) is 9.06. The van der Waals surface area contributed by atoms with Crippen molar-refractivity contribution in [1.82, 2.24) is 14.9 Å². The minimum Gasteiger partial charge on any atom is -0.306 e. The number of fused-ring (bicyclic) bond motifs is 1. The zero-order chi connectivity index (χ0) is 18.1. The molecule has 1 N–H and O–H groups in total. The SMILES string of the molecule is Cc1ccc(C)c(CN2CCc3c(nc(-c4ccccc4)[nH]c3=O)C2)c1. The van der Waals surface area contributed by atoms with Crippen LogP contribution in [-0.4, -0.2) is 21.4 Å². The van der Waals surface area contributed by atoms with E-state index in [2.05, 4.69) is 41.9 Å². The summed E-state index contributed by atoms with van der Waals surface area (Å²) in [6, 6.07) is 16.4. The number of nitrogens with zero attached hydrogens (tertiary/aromatic N) is 2. The van der Waals surface area contributed by atoms with E-state index in [1.165, 1.54) is 16.7 Å². The summed E-state index contributed by atoms with van der Waals surface area (Å²) >= 11 is 0. The first kappa shape index (κ1) is 16.7. The number of aromatic amines is 1. The molecule has 0 aliphatic carbocycles. The van der Waals surface area contributed by atoms with Crippen LogP contribution >= 0.6 is 0 Å². The molecular formula is C22H23N3O. The van der Waals surface area contributed by atoms with Crippen LogP contribution < -0.4 is 5.56 Å². The summed E-state index contributed by atoms with van der Waals surface area (Å²) in [5.74, 6) is 0.655. The Kier molecular flexibility index (Phi) is 4.43. The predicted octanol–water partition coefficient (Wildman–Crippen LogP) is 3.61. The van der Waals surface area contributed by atoms with Crippen molar-refractivity contribution in [2.45, 2.75) is 33.4 Å². The molecule has 2 aromatic carbocycles. The monoisotopic (exact) mass is 345 g/mol. The van der Waals surface area contributed by atoms with Crippen molar-refractivity contribution < 1.29 is 0 Å². The Morgan fingerprint density at radius 2 is 1.92 bits per heavy atom. The van der Waals surface area contributed by atoms with Crippen molar-refractivity contribution in [3.63, 3.8) is 0 Å². The smallest absolute Gasteiger partial charge is 0.254 e. The standard InChI is InChI=1S/C22H23N3O/c1-15-8-9-16(2)18(12-15)13-25-11-10-19-20(14-25)23-21(24-22(19)26)17-6-4-3-5-7-17/h3-9,12H,10-11,13-14H2,1-2H3,(H,23,24,26). The fourth-order valence-corrected chi connectivity index (χ4v) is 3.57. The third-order valence-electron chi connectivity index (χ3n) is 5.10. The molecule has 132 valence electrons. The molecule has 0 saturated carbocycles. The Labute approximate surface area is 153 Å². The Hall–Kier alpha value is -2.72. The van der Waals surface area contributed by atoms with E-state index in [4.69, 9.17) is 4.98 Å². The average molecular weight is 345 g/mol. The maximum atomic E-state index is 12.5. The van der Waals surface area contributed by atoms with E-state index in [0.29, 0.717) is 12.4 Å². The molecule has 0 spiro atoms. The number of rotatable bonds is 3. The number of hydrogen-bond donors (Lipinski definition) is 1. The summed E-state index contributed by atoms with van der Waals surface area (Å²) in [5, 5.41) is 0.